The molecule has 2 fully saturated rings. The molecule has 2 heterocycles. The summed E-state index contributed by atoms with van der Waals surface area (Å²) in [6.45, 7) is 2.26. The van der Waals surface area contributed by atoms with Gasteiger partial charge in [-0.1, -0.05) is 18.2 Å². The van der Waals surface area contributed by atoms with Crippen molar-refractivity contribution in [3.63, 3.8) is 0 Å². The lowest BCUT2D eigenvalue weighted by molar-refractivity contribution is -0.123. The van der Waals surface area contributed by atoms with Gasteiger partial charge in [-0.3, -0.25) is 4.79 Å². The number of hydrogen-bond donors (Lipinski definition) is 3. The van der Waals surface area contributed by atoms with Gasteiger partial charge in [0.15, 0.2) is 0 Å². The molecule has 3 rings (SSSR count). The van der Waals surface area contributed by atoms with Crippen molar-refractivity contribution in [3.05, 3.63) is 30.3 Å². The second-order valence-electron chi connectivity index (χ2n) is 6.22. The van der Waals surface area contributed by atoms with Crippen LogP contribution in [0.15, 0.2) is 30.3 Å². The minimum absolute atomic E-state index is 0. The molecule has 2 saturated heterocycles. The van der Waals surface area contributed by atoms with Crippen LogP contribution >= 0.6 is 12.4 Å². The van der Waals surface area contributed by atoms with E-state index >= 15 is 0 Å². The van der Waals surface area contributed by atoms with Crippen LogP contribution in [0, 0.1) is 0 Å². The van der Waals surface area contributed by atoms with Gasteiger partial charge in [0.1, 0.15) is 0 Å². The van der Waals surface area contributed by atoms with Gasteiger partial charge < -0.3 is 20.9 Å². The summed E-state index contributed by atoms with van der Waals surface area (Å²) in [5, 5.41) is 9.23. The molecule has 3 amide bonds. The minimum atomic E-state index is -0.0709. The summed E-state index contributed by atoms with van der Waals surface area (Å²) in [5.41, 5.74) is 0.806. The van der Waals surface area contributed by atoms with Gasteiger partial charge in [0.25, 0.3) is 0 Å². The van der Waals surface area contributed by atoms with Gasteiger partial charge in [0, 0.05) is 24.8 Å². The van der Waals surface area contributed by atoms with Gasteiger partial charge in [0.05, 0.1) is 6.04 Å². The van der Waals surface area contributed by atoms with Gasteiger partial charge in [-0.15, -0.1) is 12.4 Å². The van der Waals surface area contributed by atoms with Crippen LogP contribution in [0.2, 0.25) is 0 Å². The van der Waals surface area contributed by atoms with E-state index in [-0.39, 0.29) is 36.4 Å². The SMILES string of the molecule is Cl.O=C(NC1CCN(C(=O)Nc2ccccc2)CC1)C1CCCN1. The van der Waals surface area contributed by atoms with Crippen molar-refractivity contribution in [2.45, 2.75) is 37.8 Å². The van der Waals surface area contributed by atoms with Crippen LogP contribution in [0.5, 0.6) is 0 Å². The highest BCUT2D eigenvalue weighted by atomic mass is 35.5. The molecule has 0 radical (unpaired) electrons. The smallest absolute Gasteiger partial charge is 0.321 e. The van der Waals surface area contributed by atoms with Gasteiger partial charge in [-0.25, -0.2) is 4.79 Å². The Balaban J connectivity index is 0.00000208. The second-order valence-corrected chi connectivity index (χ2v) is 6.22. The van der Waals surface area contributed by atoms with Crippen molar-refractivity contribution in [2.75, 3.05) is 25.0 Å². The van der Waals surface area contributed by atoms with Gasteiger partial charge in [0.2, 0.25) is 5.91 Å². The number of nitrogens with zero attached hydrogens (tertiary/aromatic N) is 1. The molecule has 0 aliphatic carbocycles. The van der Waals surface area contributed by atoms with Crippen molar-refractivity contribution in [3.8, 4) is 0 Å². The van der Waals surface area contributed by atoms with Crippen LogP contribution in [-0.4, -0.2) is 48.6 Å². The molecule has 1 unspecified atom stereocenters. The average Bonchev–Trinajstić information content (AvgIpc) is 3.11. The van der Waals surface area contributed by atoms with E-state index in [9.17, 15) is 9.59 Å². The van der Waals surface area contributed by atoms with Crippen LogP contribution in [0.1, 0.15) is 25.7 Å². The molecule has 6 nitrogen and oxygen atoms in total. The van der Waals surface area contributed by atoms with E-state index in [2.05, 4.69) is 16.0 Å². The fraction of sp³-hybridized carbons (Fsp3) is 0.529. The largest absolute Gasteiger partial charge is 0.352 e. The molecule has 2 aliphatic heterocycles. The predicted molar refractivity (Wildman–Crippen MR) is 96.5 cm³/mol. The molecule has 1 aromatic rings. The van der Waals surface area contributed by atoms with Crippen molar-refractivity contribution in [1.82, 2.24) is 15.5 Å². The predicted octanol–water partition coefficient (Wildman–Crippen LogP) is 1.97. The first kappa shape index (κ1) is 18.5. The molecule has 0 spiro atoms. The summed E-state index contributed by atoms with van der Waals surface area (Å²) >= 11 is 0. The quantitative estimate of drug-likeness (QED) is 0.778. The number of likely N-dealkylation sites (tertiary alicyclic amines) is 1. The summed E-state index contributed by atoms with van der Waals surface area (Å²) in [6, 6.07) is 9.53. The summed E-state index contributed by atoms with van der Waals surface area (Å²) in [5.74, 6) is 0.106. The third-order valence-corrected chi connectivity index (χ3v) is 4.53. The molecule has 0 saturated carbocycles. The van der Waals surface area contributed by atoms with E-state index in [0.717, 1.165) is 37.9 Å². The number of amides is 3. The molecular formula is C17H25ClN4O2. The first-order valence-electron chi connectivity index (χ1n) is 8.37. The third kappa shape index (κ3) is 4.85. The lowest BCUT2D eigenvalue weighted by Crippen LogP contribution is -2.51. The van der Waals surface area contributed by atoms with Gasteiger partial charge >= 0.3 is 6.03 Å². The van der Waals surface area contributed by atoms with Gasteiger partial charge in [-0.2, -0.15) is 0 Å². The molecule has 132 valence electrons. The van der Waals surface area contributed by atoms with Crippen LogP contribution in [0.4, 0.5) is 10.5 Å². The fourth-order valence-corrected chi connectivity index (χ4v) is 3.16. The number of anilines is 1. The molecular weight excluding hydrogens is 328 g/mol. The summed E-state index contributed by atoms with van der Waals surface area (Å²) in [6.07, 6.45) is 3.60. The van der Waals surface area contributed by atoms with Crippen LogP contribution in [0.3, 0.4) is 0 Å². The second kappa shape index (κ2) is 8.89. The third-order valence-electron chi connectivity index (χ3n) is 4.53. The highest BCUT2D eigenvalue weighted by Gasteiger charge is 2.27. The number of halogens is 1. The zero-order valence-corrected chi connectivity index (χ0v) is 14.5. The Hall–Kier alpha value is -1.79. The van der Waals surface area contributed by atoms with E-state index < -0.39 is 0 Å². The number of rotatable bonds is 3. The summed E-state index contributed by atoms with van der Waals surface area (Å²) < 4.78 is 0. The molecule has 3 N–H and O–H groups in total. The minimum Gasteiger partial charge on any atom is -0.352 e. The topological polar surface area (TPSA) is 73.5 Å². The number of benzene rings is 1. The van der Waals surface area contributed by atoms with Crippen LogP contribution in [-0.2, 0) is 4.79 Å². The Labute approximate surface area is 148 Å². The maximum atomic E-state index is 12.2. The standard InChI is InChI=1S/C17H24N4O2.ClH/c22-16(15-7-4-10-18-15)19-14-8-11-21(12-9-14)17(23)20-13-5-2-1-3-6-13;/h1-3,5-6,14-15,18H,4,7-12H2,(H,19,22)(H,20,23);1H. The molecule has 0 bridgehead atoms. The van der Waals surface area contributed by atoms with E-state index in [1.165, 1.54) is 0 Å². The summed E-state index contributed by atoms with van der Waals surface area (Å²) in [4.78, 5) is 26.1. The van der Waals surface area contributed by atoms with E-state index in [1.54, 1.807) is 0 Å². The number of hydrogen-bond acceptors (Lipinski definition) is 3. The number of urea groups is 1. The zero-order valence-electron chi connectivity index (χ0n) is 13.7. The van der Waals surface area contributed by atoms with Crippen molar-refractivity contribution >= 4 is 30.0 Å². The highest BCUT2D eigenvalue weighted by molar-refractivity contribution is 5.89. The van der Waals surface area contributed by atoms with Crippen LogP contribution < -0.4 is 16.0 Å². The van der Waals surface area contributed by atoms with E-state index in [0.29, 0.717) is 13.1 Å². The fourth-order valence-electron chi connectivity index (χ4n) is 3.16. The van der Waals surface area contributed by atoms with E-state index in [1.807, 2.05) is 35.2 Å². The number of para-hydroxylation sites is 1. The Morgan fingerprint density at radius 3 is 2.42 bits per heavy atom. The highest BCUT2D eigenvalue weighted by Crippen LogP contribution is 2.14. The Bertz CT molecular complexity index is 541. The average molecular weight is 353 g/mol. The molecule has 1 atom stereocenters. The zero-order chi connectivity index (χ0) is 16.1. The number of carbonyl (C=O) groups is 2. The molecule has 7 heteroatoms. The van der Waals surface area contributed by atoms with Crippen LogP contribution in [0.25, 0.3) is 0 Å². The summed E-state index contributed by atoms with van der Waals surface area (Å²) in [7, 11) is 0. The first-order chi connectivity index (χ1) is 11.2. The number of piperidine rings is 1. The molecule has 2 aliphatic rings. The van der Waals surface area contributed by atoms with Crippen molar-refractivity contribution in [1.29, 1.82) is 0 Å². The first-order valence-corrected chi connectivity index (χ1v) is 8.37. The monoisotopic (exact) mass is 352 g/mol. The number of nitrogens with one attached hydrogen (secondary N) is 3. The Morgan fingerprint density at radius 1 is 1.08 bits per heavy atom. The molecule has 24 heavy (non-hydrogen) atoms. The van der Waals surface area contributed by atoms with Gasteiger partial charge in [-0.05, 0) is 44.4 Å². The Kier molecular flexibility index (Phi) is 6.87. The Morgan fingerprint density at radius 2 is 1.79 bits per heavy atom. The maximum absolute atomic E-state index is 12.2. The maximum Gasteiger partial charge on any atom is 0.321 e. The lowest BCUT2D eigenvalue weighted by Gasteiger charge is -2.32. The molecule has 0 aromatic heterocycles. The lowest BCUT2D eigenvalue weighted by atomic mass is 10.0. The normalized spacial score (nSPS) is 21.0. The van der Waals surface area contributed by atoms with Crippen molar-refractivity contribution in [2.24, 2.45) is 0 Å². The number of carbonyl (C=O) groups excluding carboxylic acids is 2. The van der Waals surface area contributed by atoms with Crippen molar-refractivity contribution < 1.29 is 9.59 Å². The molecule has 1 aromatic carbocycles. The van der Waals surface area contributed by atoms with E-state index in [4.69, 9.17) is 0 Å².